The summed E-state index contributed by atoms with van der Waals surface area (Å²) in [6, 6.07) is 37.9. The Bertz CT molecular complexity index is 4530. The molecule has 0 spiro atoms. The Kier molecular flexibility index (Phi) is 8.46. The van der Waals surface area contributed by atoms with E-state index in [1.807, 2.05) is 12.1 Å². The lowest BCUT2D eigenvalue weighted by molar-refractivity contribution is 0.590. The first-order chi connectivity index (χ1) is 36.5. The molecule has 0 atom stereocenters. The zero-order chi connectivity index (χ0) is 54.7. The van der Waals surface area contributed by atoms with Crippen LogP contribution in [0, 0.1) is 5.82 Å². The molecular formula is C72H70B3FN2. The van der Waals surface area contributed by atoms with Crippen LogP contribution in [0.15, 0.2) is 97.1 Å². The second kappa shape index (κ2) is 13.9. The smallest absolute Gasteiger partial charge is 0.253 e. The molecule has 2 aromatic heterocycles. The van der Waals surface area contributed by atoms with Crippen molar-refractivity contribution in [1.82, 2.24) is 9.13 Å². The van der Waals surface area contributed by atoms with Gasteiger partial charge >= 0.3 is 0 Å². The van der Waals surface area contributed by atoms with Gasteiger partial charge in [0, 0.05) is 38.4 Å². The molecular weight excluding hydrogens is 944 g/mol. The molecule has 0 fully saturated rings. The Balaban J connectivity index is 1.25. The van der Waals surface area contributed by atoms with Crippen LogP contribution < -0.4 is 49.2 Å². The van der Waals surface area contributed by atoms with Crippen LogP contribution in [-0.4, -0.2) is 29.3 Å². The second-order valence-corrected chi connectivity index (χ2v) is 31.0. The highest BCUT2D eigenvalue weighted by Crippen LogP contribution is 2.54. The van der Waals surface area contributed by atoms with Crippen LogP contribution in [0.2, 0.25) is 0 Å². The summed E-state index contributed by atoms with van der Waals surface area (Å²) in [7, 11) is 0. The Hall–Kier alpha value is -6.52. The molecule has 78 heavy (non-hydrogen) atoms. The molecule has 0 saturated heterocycles. The Morgan fingerprint density at radius 2 is 0.795 bits per heavy atom. The third-order valence-electron chi connectivity index (χ3n) is 19.9. The Morgan fingerprint density at radius 1 is 0.346 bits per heavy atom. The van der Waals surface area contributed by atoms with Gasteiger partial charge in [0.2, 0.25) is 13.4 Å². The Labute approximate surface area is 462 Å². The summed E-state index contributed by atoms with van der Waals surface area (Å²) in [4.78, 5) is 0. The molecule has 0 radical (unpaired) electrons. The van der Waals surface area contributed by atoms with Gasteiger partial charge in [-0.3, -0.25) is 0 Å². The van der Waals surface area contributed by atoms with Crippen molar-refractivity contribution in [3.63, 3.8) is 0 Å². The molecule has 6 aliphatic rings. The van der Waals surface area contributed by atoms with Gasteiger partial charge < -0.3 is 9.13 Å². The summed E-state index contributed by atoms with van der Waals surface area (Å²) in [6.45, 7) is 43.0. The zero-order valence-electron chi connectivity index (χ0n) is 49.2. The Morgan fingerprint density at radius 3 is 1.29 bits per heavy atom. The topological polar surface area (TPSA) is 9.86 Å². The highest BCUT2D eigenvalue weighted by molar-refractivity contribution is 7.09. The van der Waals surface area contributed by atoms with E-state index in [4.69, 9.17) is 0 Å². The minimum atomic E-state index is -0.203. The van der Waals surface area contributed by atoms with Gasteiger partial charge in [0.05, 0.1) is 16.6 Å². The average Bonchev–Trinajstić information content (AvgIpc) is 1.61. The summed E-state index contributed by atoms with van der Waals surface area (Å²) in [6.07, 6.45) is 0. The minimum Gasteiger partial charge on any atom is -0.311 e. The maximum atomic E-state index is 16.8. The lowest BCUT2D eigenvalue weighted by Crippen LogP contribution is -2.69. The molecule has 2 nitrogen and oxygen atoms in total. The molecule has 0 aliphatic carbocycles. The van der Waals surface area contributed by atoms with Crippen LogP contribution in [0.25, 0.3) is 88.4 Å². The number of nitrogens with zero attached hydrogens (tertiary/aromatic N) is 2. The molecule has 6 heteroatoms. The van der Waals surface area contributed by atoms with Gasteiger partial charge in [0.1, 0.15) is 5.82 Å². The standard InChI is InChI=1S/C72H70B3FN2/c1-67(2,3)36-22-25-38(26-23-36)73-49-29-27-44(69(7,8)9)51-52-46(71(13,14)15)33-42-43-34-47(72(16,17)18)54-53-45(70(10,11)12)32-41-40-31-37(68(4,5)6)24-28-48(40)74-55(41)62(53)78-64(54)57(43)75-56(42)63(52)77(61(49)51)65-58(73)50(59(74)66(78)60(65)75)35-20-19-21-39(76)30-35/h19-34H,1-18H3. The fraction of sp³-hybridized carbons (Fsp3) is 0.333. The third kappa shape index (κ3) is 5.50. The van der Waals surface area contributed by atoms with Crippen molar-refractivity contribution in [2.45, 2.75) is 157 Å². The normalized spacial score (nSPS) is 15.3. The lowest BCUT2D eigenvalue weighted by Gasteiger charge is -2.42. The van der Waals surface area contributed by atoms with Crippen LogP contribution in [0.3, 0.4) is 0 Å². The quantitative estimate of drug-likeness (QED) is 0.153. The van der Waals surface area contributed by atoms with Crippen LogP contribution in [0.4, 0.5) is 4.39 Å². The molecule has 8 heterocycles. The van der Waals surface area contributed by atoms with Gasteiger partial charge in [0.25, 0.3) is 6.71 Å². The van der Waals surface area contributed by atoms with E-state index < -0.39 is 0 Å². The fourth-order valence-corrected chi connectivity index (χ4v) is 16.6. The van der Waals surface area contributed by atoms with Crippen LogP contribution >= 0.6 is 0 Å². The highest BCUT2D eigenvalue weighted by atomic mass is 19.1. The van der Waals surface area contributed by atoms with Crippen LogP contribution in [0.5, 0.6) is 0 Å². The molecule has 0 bridgehead atoms. The van der Waals surface area contributed by atoms with Crippen molar-refractivity contribution >= 4 is 113 Å². The van der Waals surface area contributed by atoms with Crippen LogP contribution in [0.1, 0.15) is 158 Å². The molecule has 0 N–H and O–H groups in total. The predicted octanol–water partition coefficient (Wildman–Crippen LogP) is 12.2. The van der Waals surface area contributed by atoms with Gasteiger partial charge in [-0.2, -0.15) is 0 Å². The van der Waals surface area contributed by atoms with Gasteiger partial charge in [-0.15, -0.1) is 0 Å². The van der Waals surface area contributed by atoms with E-state index in [9.17, 15) is 0 Å². The molecule has 8 aromatic carbocycles. The predicted molar refractivity (Wildman–Crippen MR) is 338 cm³/mol. The number of hydrogen-bond donors (Lipinski definition) is 0. The maximum Gasteiger partial charge on any atom is 0.253 e. The lowest BCUT2D eigenvalue weighted by atomic mass is 9.27. The first-order valence-electron chi connectivity index (χ1n) is 29.2. The number of rotatable bonds is 2. The van der Waals surface area contributed by atoms with Crippen molar-refractivity contribution in [2.75, 3.05) is 0 Å². The van der Waals surface area contributed by atoms with Crippen molar-refractivity contribution < 1.29 is 4.39 Å². The number of aromatic nitrogens is 2. The minimum absolute atomic E-state index is 0.00696. The van der Waals surface area contributed by atoms with Gasteiger partial charge in [-0.25, -0.2) is 4.39 Å². The number of benzene rings is 8. The average molecular weight is 1010 g/mol. The number of halogens is 1. The summed E-state index contributed by atoms with van der Waals surface area (Å²) in [5.41, 5.74) is 36.0. The van der Waals surface area contributed by atoms with E-state index in [0.717, 1.165) is 5.56 Å². The second-order valence-electron chi connectivity index (χ2n) is 31.0. The summed E-state index contributed by atoms with van der Waals surface area (Å²) < 4.78 is 22.4. The van der Waals surface area contributed by atoms with E-state index in [2.05, 4.69) is 213 Å². The molecule has 0 unspecified atom stereocenters. The van der Waals surface area contributed by atoms with Crippen molar-refractivity contribution in [1.29, 1.82) is 0 Å². The SMILES string of the molecule is CC(C)(C)c1ccc(B2c3c(-c4cccc(F)c4)c4c5c6c3-n3c7c2ccc(C(C)(C)C)c7c2c(C(C)(C)C)cc7c(c23)B6c2c-7cc(C(C)(C)C)c3c6c(C(C)(C)C)cc7c(c6n-5c23)B4c2ccc(C(C)(C)C)cc2-7)cc1. The summed E-state index contributed by atoms with van der Waals surface area (Å²) >= 11 is 0. The fourth-order valence-electron chi connectivity index (χ4n) is 16.6. The molecule has 10 aromatic rings. The number of hydrogen-bond acceptors (Lipinski definition) is 0. The van der Waals surface area contributed by atoms with Gasteiger partial charge in [-0.05, 0) is 150 Å². The largest absolute Gasteiger partial charge is 0.311 e. The van der Waals surface area contributed by atoms with Crippen molar-refractivity contribution in [3.05, 3.63) is 136 Å². The van der Waals surface area contributed by atoms with Gasteiger partial charge in [-0.1, -0.05) is 220 Å². The molecule has 384 valence electrons. The zero-order valence-corrected chi connectivity index (χ0v) is 49.2. The van der Waals surface area contributed by atoms with Crippen molar-refractivity contribution in [2.24, 2.45) is 0 Å². The summed E-state index contributed by atoms with van der Waals surface area (Å²) in [5.74, 6) is -0.203. The van der Waals surface area contributed by atoms with E-state index in [1.165, 1.54) is 165 Å². The molecule has 6 aliphatic heterocycles. The number of fused-ring (bicyclic) bond motifs is 7. The first kappa shape index (κ1) is 47.5. The third-order valence-corrected chi connectivity index (χ3v) is 19.9. The summed E-state index contributed by atoms with van der Waals surface area (Å²) in [5, 5.41) is 5.68. The van der Waals surface area contributed by atoms with E-state index in [0.29, 0.717) is 0 Å². The van der Waals surface area contributed by atoms with Crippen LogP contribution in [-0.2, 0) is 32.5 Å². The molecule has 0 amide bonds. The molecule has 0 saturated carbocycles. The van der Waals surface area contributed by atoms with Crippen molar-refractivity contribution in [3.8, 4) is 44.8 Å². The highest BCUT2D eigenvalue weighted by Gasteiger charge is 2.57. The monoisotopic (exact) mass is 1010 g/mol. The first-order valence-corrected chi connectivity index (χ1v) is 29.2. The van der Waals surface area contributed by atoms with E-state index in [1.54, 1.807) is 6.07 Å². The van der Waals surface area contributed by atoms with E-state index in [-0.39, 0.29) is 58.4 Å². The molecule has 16 rings (SSSR count). The maximum absolute atomic E-state index is 16.8. The van der Waals surface area contributed by atoms with E-state index >= 15 is 4.39 Å². The van der Waals surface area contributed by atoms with Gasteiger partial charge in [0.15, 0.2) is 0 Å².